The van der Waals surface area contributed by atoms with Crippen LogP contribution in [0.3, 0.4) is 0 Å². The Bertz CT molecular complexity index is 42.8. The van der Waals surface area contributed by atoms with Crippen LogP contribution in [0.1, 0.15) is 0 Å². The van der Waals surface area contributed by atoms with Gasteiger partial charge in [-0.2, -0.15) is 0 Å². The third-order valence-electron chi connectivity index (χ3n) is 0.834. The Morgan fingerprint density at radius 2 is 2.67 bits per heavy atom. The largest absolute Gasteiger partial charge is 0.372 e. The van der Waals surface area contributed by atoms with Crippen molar-refractivity contribution < 1.29 is 4.74 Å². The molecule has 1 atom stereocenters. The van der Waals surface area contributed by atoms with Gasteiger partial charge in [-0.25, -0.2) is 0 Å². The van der Waals surface area contributed by atoms with Crippen LogP contribution in [-0.4, -0.2) is 26.3 Å². The van der Waals surface area contributed by atoms with E-state index >= 15 is 0 Å². The van der Waals surface area contributed by atoms with Crippen molar-refractivity contribution in [3.63, 3.8) is 0 Å². The lowest BCUT2D eigenvalue weighted by Crippen LogP contribution is -2.12. The fourth-order valence-electron chi connectivity index (χ4n) is 0.414. The molecular formula is C4H9NO. The minimum atomic E-state index is 0.537. The summed E-state index contributed by atoms with van der Waals surface area (Å²) in [6.45, 7) is 1.97. The second kappa shape index (κ2) is 1.58. The number of hydrogen-bond acceptors (Lipinski definition) is 2. The molecule has 1 unspecified atom stereocenters. The summed E-state index contributed by atoms with van der Waals surface area (Å²) in [5, 5.41) is 3.00. The van der Waals surface area contributed by atoms with Gasteiger partial charge in [0.2, 0.25) is 0 Å². The first kappa shape index (κ1) is 4.09. The van der Waals surface area contributed by atoms with Crippen LogP contribution in [0.4, 0.5) is 0 Å². The fraction of sp³-hybridized carbons (Fsp3) is 1.00. The van der Waals surface area contributed by atoms with Crippen LogP contribution < -0.4 is 5.32 Å². The lowest BCUT2D eigenvalue weighted by Gasteiger charge is -1.84. The molecule has 6 heavy (non-hydrogen) atoms. The Labute approximate surface area is 37.5 Å². The second-order valence-corrected chi connectivity index (χ2v) is 1.51. The minimum absolute atomic E-state index is 0.537. The Balaban J connectivity index is 1.88. The SMILES string of the molecule is CNCC1CO1. The molecule has 0 saturated carbocycles. The van der Waals surface area contributed by atoms with Crippen LogP contribution in [0.25, 0.3) is 0 Å². The van der Waals surface area contributed by atoms with Crippen LogP contribution in [-0.2, 0) is 4.74 Å². The maximum absolute atomic E-state index is 4.89. The molecule has 0 bridgehead atoms. The van der Waals surface area contributed by atoms with Crippen LogP contribution in [0, 0.1) is 0 Å². The van der Waals surface area contributed by atoms with Crippen molar-refractivity contribution in [2.75, 3.05) is 20.2 Å². The van der Waals surface area contributed by atoms with Crippen molar-refractivity contribution in [3.8, 4) is 0 Å². The molecule has 2 nitrogen and oxygen atoms in total. The molecule has 2 heteroatoms. The highest BCUT2D eigenvalue weighted by Crippen LogP contribution is 2.05. The first-order valence-corrected chi connectivity index (χ1v) is 2.19. The fourth-order valence-corrected chi connectivity index (χ4v) is 0.414. The molecule has 0 radical (unpaired) electrons. The van der Waals surface area contributed by atoms with Gasteiger partial charge in [0.25, 0.3) is 0 Å². The van der Waals surface area contributed by atoms with Gasteiger partial charge >= 0.3 is 0 Å². The van der Waals surface area contributed by atoms with Gasteiger partial charge in [-0.15, -0.1) is 0 Å². The van der Waals surface area contributed by atoms with Crippen LogP contribution in [0.5, 0.6) is 0 Å². The van der Waals surface area contributed by atoms with E-state index < -0.39 is 0 Å². The summed E-state index contributed by atoms with van der Waals surface area (Å²) in [4.78, 5) is 0. The average molecular weight is 87.1 g/mol. The monoisotopic (exact) mass is 87.1 g/mol. The molecule has 1 aliphatic rings. The summed E-state index contributed by atoms with van der Waals surface area (Å²) < 4.78 is 4.89. The summed E-state index contributed by atoms with van der Waals surface area (Å²) in [7, 11) is 1.93. The molecule has 0 aromatic carbocycles. The number of likely N-dealkylation sites (N-methyl/N-ethyl adjacent to an activating group) is 1. The lowest BCUT2D eigenvalue weighted by atomic mass is 10.5. The van der Waals surface area contributed by atoms with Gasteiger partial charge in [0, 0.05) is 6.54 Å². The third-order valence-corrected chi connectivity index (χ3v) is 0.834. The van der Waals surface area contributed by atoms with E-state index in [0.29, 0.717) is 6.10 Å². The summed E-state index contributed by atoms with van der Waals surface area (Å²) in [6, 6.07) is 0. The highest BCUT2D eigenvalue weighted by molar-refractivity contribution is 4.69. The Morgan fingerprint density at radius 1 is 2.00 bits per heavy atom. The molecule has 1 fully saturated rings. The molecule has 0 amide bonds. The van der Waals surface area contributed by atoms with Crippen molar-refractivity contribution in [2.45, 2.75) is 6.10 Å². The topological polar surface area (TPSA) is 24.6 Å². The summed E-state index contributed by atoms with van der Waals surface area (Å²) in [5.41, 5.74) is 0. The third kappa shape index (κ3) is 0.954. The molecule has 0 aromatic heterocycles. The smallest absolute Gasteiger partial charge is 0.0933 e. The van der Waals surface area contributed by atoms with E-state index in [4.69, 9.17) is 4.74 Å². The van der Waals surface area contributed by atoms with Gasteiger partial charge in [-0.05, 0) is 7.05 Å². The van der Waals surface area contributed by atoms with Crippen LogP contribution >= 0.6 is 0 Å². The normalized spacial score (nSPS) is 30.5. The first-order chi connectivity index (χ1) is 2.93. The molecule has 1 heterocycles. The molecule has 1 N–H and O–H groups in total. The maximum atomic E-state index is 4.89. The van der Waals surface area contributed by atoms with Gasteiger partial charge in [0.15, 0.2) is 0 Å². The second-order valence-electron chi connectivity index (χ2n) is 1.51. The predicted octanol–water partition coefficient (Wildman–Crippen LogP) is -0.395. The van der Waals surface area contributed by atoms with E-state index in [0.717, 1.165) is 13.2 Å². The Hall–Kier alpha value is -0.0800. The molecule has 0 aromatic rings. The van der Waals surface area contributed by atoms with Gasteiger partial charge in [-0.1, -0.05) is 0 Å². The van der Waals surface area contributed by atoms with Crippen LogP contribution in [0.2, 0.25) is 0 Å². The number of ether oxygens (including phenoxy) is 1. The van der Waals surface area contributed by atoms with Gasteiger partial charge in [-0.3, -0.25) is 0 Å². The van der Waals surface area contributed by atoms with Gasteiger partial charge < -0.3 is 10.1 Å². The molecule has 36 valence electrons. The number of nitrogens with one attached hydrogen (secondary N) is 1. The first-order valence-electron chi connectivity index (χ1n) is 2.19. The number of hydrogen-bond donors (Lipinski definition) is 1. The molecule has 0 aliphatic carbocycles. The zero-order chi connectivity index (χ0) is 4.41. The minimum Gasteiger partial charge on any atom is -0.372 e. The van der Waals surface area contributed by atoms with Crippen LogP contribution in [0.15, 0.2) is 0 Å². The standard InChI is InChI=1S/C4H9NO/c1-5-2-4-3-6-4/h4-5H,2-3H2,1H3. The lowest BCUT2D eigenvalue weighted by molar-refractivity contribution is 0.402. The van der Waals surface area contributed by atoms with Crippen molar-refractivity contribution in [2.24, 2.45) is 0 Å². The molecule has 0 spiro atoms. The number of rotatable bonds is 2. The highest BCUT2D eigenvalue weighted by atomic mass is 16.6. The Morgan fingerprint density at radius 3 is 2.83 bits per heavy atom. The van der Waals surface area contributed by atoms with E-state index in [1.165, 1.54) is 0 Å². The predicted molar refractivity (Wildman–Crippen MR) is 23.7 cm³/mol. The maximum Gasteiger partial charge on any atom is 0.0933 e. The van der Waals surface area contributed by atoms with Gasteiger partial charge in [0.05, 0.1) is 12.7 Å². The van der Waals surface area contributed by atoms with E-state index in [1.54, 1.807) is 0 Å². The molecule has 1 saturated heterocycles. The van der Waals surface area contributed by atoms with E-state index in [1.807, 2.05) is 7.05 Å². The van der Waals surface area contributed by atoms with Crippen molar-refractivity contribution in [1.29, 1.82) is 0 Å². The van der Waals surface area contributed by atoms with Gasteiger partial charge in [0.1, 0.15) is 0 Å². The van der Waals surface area contributed by atoms with Crippen molar-refractivity contribution in [3.05, 3.63) is 0 Å². The summed E-state index contributed by atoms with van der Waals surface area (Å²) >= 11 is 0. The summed E-state index contributed by atoms with van der Waals surface area (Å²) in [5.74, 6) is 0. The summed E-state index contributed by atoms with van der Waals surface area (Å²) in [6.07, 6.45) is 0.537. The highest BCUT2D eigenvalue weighted by Gasteiger charge is 2.20. The Kier molecular flexibility index (Phi) is 1.08. The molecule has 1 rings (SSSR count). The molecular weight excluding hydrogens is 78.0 g/mol. The zero-order valence-corrected chi connectivity index (χ0v) is 3.90. The average Bonchev–Trinajstić information content (AvgIpc) is 2.21. The molecule has 1 aliphatic heterocycles. The number of epoxide rings is 1. The zero-order valence-electron chi connectivity index (χ0n) is 3.90. The van der Waals surface area contributed by atoms with Crippen molar-refractivity contribution >= 4 is 0 Å². The van der Waals surface area contributed by atoms with E-state index in [9.17, 15) is 0 Å². The quantitative estimate of drug-likeness (QED) is 0.464. The van der Waals surface area contributed by atoms with E-state index in [2.05, 4.69) is 5.32 Å². The van der Waals surface area contributed by atoms with E-state index in [-0.39, 0.29) is 0 Å². The van der Waals surface area contributed by atoms with Crippen molar-refractivity contribution in [1.82, 2.24) is 5.32 Å².